The summed E-state index contributed by atoms with van der Waals surface area (Å²) in [5, 5.41) is 3.46. The van der Waals surface area contributed by atoms with Crippen molar-refractivity contribution in [2.45, 2.75) is 19.0 Å². The predicted octanol–water partition coefficient (Wildman–Crippen LogP) is 1.29. The molecule has 2 aromatic heterocycles. The normalized spacial score (nSPS) is 19.4. The van der Waals surface area contributed by atoms with Crippen molar-refractivity contribution in [2.75, 3.05) is 11.5 Å². The number of hydrogen-bond acceptors (Lipinski definition) is 4. The van der Waals surface area contributed by atoms with E-state index in [2.05, 4.69) is 10.3 Å². The lowest BCUT2D eigenvalue weighted by Gasteiger charge is -2.10. The van der Waals surface area contributed by atoms with E-state index in [-0.39, 0.29) is 5.56 Å². The van der Waals surface area contributed by atoms with Gasteiger partial charge in [-0.3, -0.25) is 9.20 Å². The van der Waals surface area contributed by atoms with Crippen LogP contribution in [-0.2, 0) is 6.54 Å². The molecule has 94 valence electrons. The molecule has 4 nitrogen and oxygen atoms in total. The zero-order valence-electron chi connectivity index (χ0n) is 10.0. The molecule has 3 rings (SSSR count). The summed E-state index contributed by atoms with van der Waals surface area (Å²) in [6.07, 6.45) is 2.95. The molecular weight excluding hydrogens is 246 g/mol. The van der Waals surface area contributed by atoms with Crippen molar-refractivity contribution in [3.8, 4) is 0 Å². The smallest absolute Gasteiger partial charge is 0.258 e. The molecule has 3 heterocycles. The van der Waals surface area contributed by atoms with Crippen LogP contribution < -0.4 is 10.9 Å². The van der Waals surface area contributed by atoms with E-state index in [1.807, 2.05) is 30.0 Å². The van der Waals surface area contributed by atoms with Gasteiger partial charge in [0, 0.05) is 30.6 Å². The minimum absolute atomic E-state index is 0.0156. The Kier molecular flexibility index (Phi) is 3.34. The van der Waals surface area contributed by atoms with Crippen LogP contribution in [0.15, 0.2) is 35.3 Å². The van der Waals surface area contributed by atoms with Crippen LogP contribution >= 0.6 is 11.8 Å². The van der Waals surface area contributed by atoms with E-state index in [1.165, 1.54) is 12.2 Å². The largest absolute Gasteiger partial charge is 0.308 e. The van der Waals surface area contributed by atoms with Gasteiger partial charge in [0.1, 0.15) is 5.65 Å². The van der Waals surface area contributed by atoms with Crippen molar-refractivity contribution in [1.82, 2.24) is 14.7 Å². The third kappa shape index (κ3) is 2.42. The van der Waals surface area contributed by atoms with Crippen molar-refractivity contribution in [1.29, 1.82) is 0 Å². The van der Waals surface area contributed by atoms with Crippen LogP contribution in [0, 0.1) is 0 Å². The molecule has 0 radical (unpaired) electrons. The van der Waals surface area contributed by atoms with Gasteiger partial charge in [0.15, 0.2) is 0 Å². The Morgan fingerprint density at radius 3 is 3.28 bits per heavy atom. The third-order valence-corrected chi connectivity index (χ3v) is 4.29. The molecule has 1 atom stereocenters. The molecule has 1 fully saturated rings. The molecule has 0 aliphatic carbocycles. The van der Waals surface area contributed by atoms with Crippen LogP contribution in [0.2, 0.25) is 0 Å². The summed E-state index contributed by atoms with van der Waals surface area (Å²) in [6, 6.07) is 7.76. The van der Waals surface area contributed by atoms with E-state index in [9.17, 15) is 4.79 Å². The quantitative estimate of drug-likeness (QED) is 0.904. The summed E-state index contributed by atoms with van der Waals surface area (Å²) in [7, 11) is 0. The first-order valence-electron chi connectivity index (χ1n) is 6.11. The van der Waals surface area contributed by atoms with Gasteiger partial charge in [0.05, 0.1) is 5.69 Å². The number of aromatic nitrogens is 2. The SMILES string of the molecule is O=c1cc(CNC2CCSC2)nc2ccccn12. The molecule has 1 aliphatic rings. The molecule has 18 heavy (non-hydrogen) atoms. The number of hydrogen-bond donors (Lipinski definition) is 1. The van der Waals surface area contributed by atoms with E-state index >= 15 is 0 Å². The lowest BCUT2D eigenvalue weighted by Crippen LogP contribution is -2.29. The predicted molar refractivity (Wildman–Crippen MR) is 74.0 cm³/mol. The number of thioether (sulfide) groups is 1. The van der Waals surface area contributed by atoms with Crippen LogP contribution in [0.25, 0.3) is 5.65 Å². The number of fused-ring (bicyclic) bond motifs is 1. The summed E-state index contributed by atoms with van der Waals surface area (Å²) in [6.45, 7) is 0.672. The molecule has 2 aromatic rings. The van der Waals surface area contributed by atoms with Gasteiger partial charge >= 0.3 is 0 Å². The molecule has 1 N–H and O–H groups in total. The van der Waals surface area contributed by atoms with Crippen molar-refractivity contribution in [3.05, 3.63) is 46.5 Å². The highest BCUT2D eigenvalue weighted by Crippen LogP contribution is 2.17. The number of rotatable bonds is 3. The Morgan fingerprint density at radius 2 is 2.44 bits per heavy atom. The topological polar surface area (TPSA) is 46.4 Å². The Balaban J connectivity index is 1.81. The zero-order valence-corrected chi connectivity index (χ0v) is 10.8. The van der Waals surface area contributed by atoms with Gasteiger partial charge < -0.3 is 5.32 Å². The van der Waals surface area contributed by atoms with Gasteiger partial charge in [-0.25, -0.2) is 4.98 Å². The highest BCUT2D eigenvalue weighted by Gasteiger charge is 2.14. The zero-order chi connectivity index (χ0) is 12.4. The van der Waals surface area contributed by atoms with E-state index < -0.39 is 0 Å². The minimum atomic E-state index is -0.0156. The van der Waals surface area contributed by atoms with Crippen LogP contribution in [0.5, 0.6) is 0 Å². The third-order valence-electron chi connectivity index (χ3n) is 3.13. The second-order valence-corrected chi connectivity index (χ2v) is 5.61. The van der Waals surface area contributed by atoms with Gasteiger partial charge in [-0.1, -0.05) is 6.07 Å². The first-order valence-corrected chi connectivity index (χ1v) is 7.27. The van der Waals surface area contributed by atoms with E-state index in [0.29, 0.717) is 18.2 Å². The van der Waals surface area contributed by atoms with Gasteiger partial charge in [-0.15, -0.1) is 0 Å². The molecule has 1 saturated heterocycles. The monoisotopic (exact) mass is 261 g/mol. The van der Waals surface area contributed by atoms with Crippen molar-refractivity contribution >= 4 is 17.4 Å². The molecule has 0 aromatic carbocycles. The maximum atomic E-state index is 11.9. The van der Waals surface area contributed by atoms with Gasteiger partial charge in [-0.2, -0.15) is 11.8 Å². The van der Waals surface area contributed by atoms with Crippen LogP contribution in [0.4, 0.5) is 0 Å². The molecule has 1 unspecified atom stereocenters. The molecule has 5 heteroatoms. The summed E-state index contributed by atoms with van der Waals surface area (Å²) < 4.78 is 1.56. The number of nitrogens with zero attached hydrogens (tertiary/aromatic N) is 2. The van der Waals surface area contributed by atoms with Gasteiger partial charge in [0.2, 0.25) is 0 Å². The molecule has 0 saturated carbocycles. The van der Waals surface area contributed by atoms with Crippen LogP contribution in [-0.4, -0.2) is 26.9 Å². The molecule has 0 bridgehead atoms. The first kappa shape index (κ1) is 11.7. The average molecular weight is 261 g/mol. The fourth-order valence-corrected chi connectivity index (χ4v) is 3.32. The maximum absolute atomic E-state index is 11.9. The Bertz CT molecular complexity index is 604. The highest BCUT2D eigenvalue weighted by molar-refractivity contribution is 7.99. The maximum Gasteiger partial charge on any atom is 0.258 e. The van der Waals surface area contributed by atoms with Crippen molar-refractivity contribution in [2.24, 2.45) is 0 Å². The summed E-state index contributed by atoms with van der Waals surface area (Å²) in [5.41, 5.74) is 1.52. The highest BCUT2D eigenvalue weighted by atomic mass is 32.2. The Labute approximate surface area is 109 Å². The summed E-state index contributed by atoms with van der Waals surface area (Å²) in [4.78, 5) is 16.4. The fourth-order valence-electron chi connectivity index (χ4n) is 2.14. The second-order valence-electron chi connectivity index (χ2n) is 4.46. The summed E-state index contributed by atoms with van der Waals surface area (Å²) in [5.74, 6) is 2.39. The molecular formula is C13H15N3OS. The molecule has 1 aliphatic heterocycles. The second kappa shape index (κ2) is 5.12. The van der Waals surface area contributed by atoms with E-state index in [0.717, 1.165) is 11.4 Å². The van der Waals surface area contributed by atoms with Crippen molar-refractivity contribution in [3.63, 3.8) is 0 Å². The minimum Gasteiger partial charge on any atom is -0.308 e. The van der Waals surface area contributed by atoms with Crippen molar-refractivity contribution < 1.29 is 0 Å². The average Bonchev–Trinajstić information content (AvgIpc) is 2.90. The van der Waals surface area contributed by atoms with E-state index in [4.69, 9.17) is 0 Å². The van der Waals surface area contributed by atoms with Gasteiger partial charge in [0.25, 0.3) is 5.56 Å². The van der Waals surface area contributed by atoms with Crippen LogP contribution in [0.3, 0.4) is 0 Å². The fraction of sp³-hybridized carbons (Fsp3) is 0.385. The molecule has 0 spiro atoms. The lowest BCUT2D eigenvalue weighted by atomic mass is 10.2. The number of nitrogens with one attached hydrogen (secondary N) is 1. The molecule has 0 amide bonds. The van der Waals surface area contributed by atoms with E-state index in [1.54, 1.807) is 16.7 Å². The summed E-state index contributed by atoms with van der Waals surface area (Å²) >= 11 is 1.97. The Hall–Kier alpha value is -1.33. The van der Waals surface area contributed by atoms with Crippen LogP contribution in [0.1, 0.15) is 12.1 Å². The standard InChI is InChI=1S/C13H15N3OS/c17-13-7-11(8-14-10-4-6-18-9-10)15-12-3-1-2-5-16(12)13/h1-3,5,7,10,14H,4,6,8-9H2. The Morgan fingerprint density at radius 1 is 1.50 bits per heavy atom. The van der Waals surface area contributed by atoms with Gasteiger partial charge in [-0.05, 0) is 24.3 Å². The first-order chi connectivity index (χ1) is 8.83. The number of pyridine rings is 1. The lowest BCUT2D eigenvalue weighted by molar-refractivity contribution is 0.551.